The van der Waals surface area contributed by atoms with Gasteiger partial charge in [-0.3, -0.25) is 4.79 Å². The molecule has 1 amide bonds. The fourth-order valence-electron chi connectivity index (χ4n) is 2.97. The Morgan fingerprint density at radius 2 is 1.81 bits per heavy atom. The van der Waals surface area contributed by atoms with Crippen molar-refractivity contribution in [3.63, 3.8) is 0 Å². The van der Waals surface area contributed by atoms with Gasteiger partial charge in [-0.2, -0.15) is 4.73 Å². The molecule has 0 saturated carbocycles. The number of aromatic nitrogens is 1. The van der Waals surface area contributed by atoms with Crippen molar-refractivity contribution in [3.8, 4) is 0 Å². The molecule has 1 aliphatic heterocycles. The van der Waals surface area contributed by atoms with Crippen LogP contribution in [0.1, 0.15) is 21.5 Å². The van der Waals surface area contributed by atoms with Crippen molar-refractivity contribution in [1.82, 2.24) is 4.90 Å². The van der Waals surface area contributed by atoms with Crippen LogP contribution in [0.25, 0.3) is 0 Å². The molecule has 0 spiro atoms. The Morgan fingerprint density at radius 3 is 2.48 bits per heavy atom. The van der Waals surface area contributed by atoms with Crippen molar-refractivity contribution >= 4 is 17.8 Å². The molecule has 0 saturated heterocycles. The molecule has 1 atom stereocenters. The van der Waals surface area contributed by atoms with E-state index in [1.165, 1.54) is 24.1 Å². The molecule has 8 nitrogen and oxygen atoms in total. The lowest BCUT2D eigenvalue weighted by atomic mass is 9.94. The molecule has 0 unspecified atom stereocenters. The summed E-state index contributed by atoms with van der Waals surface area (Å²) in [5, 5.41) is 11.0. The van der Waals surface area contributed by atoms with Crippen molar-refractivity contribution in [3.05, 3.63) is 70.7 Å². The molecule has 0 fully saturated rings. The zero-order valence-corrected chi connectivity index (χ0v) is 14.7. The van der Waals surface area contributed by atoms with E-state index in [0.29, 0.717) is 11.2 Å². The lowest BCUT2D eigenvalue weighted by Crippen LogP contribution is -2.50. The van der Waals surface area contributed by atoms with E-state index in [2.05, 4.69) is 0 Å². The molecule has 0 bridgehead atoms. The lowest BCUT2D eigenvalue weighted by molar-refractivity contribution is -0.605. The molecule has 0 aliphatic carbocycles. The molecule has 3 rings (SSSR count). The number of hydrogen-bond acceptors (Lipinski definition) is 6. The average molecular weight is 370 g/mol. The van der Waals surface area contributed by atoms with Gasteiger partial charge in [0.2, 0.25) is 0 Å². The quantitative estimate of drug-likeness (QED) is 0.444. The van der Waals surface area contributed by atoms with Crippen LogP contribution >= 0.6 is 0 Å². The van der Waals surface area contributed by atoms with Crippen LogP contribution in [0.15, 0.2) is 48.8 Å². The highest BCUT2D eigenvalue weighted by Gasteiger charge is 2.35. The molecular weight excluding hydrogens is 352 g/mol. The molecule has 2 aromatic rings. The third-order valence-corrected chi connectivity index (χ3v) is 4.41. The van der Waals surface area contributed by atoms with Crippen molar-refractivity contribution in [1.29, 1.82) is 0 Å². The van der Waals surface area contributed by atoms with Gasteiger partial charge < -0.3 is 19.6 Å². The van der Waals surface area contributed by atoms with Gasteiger partial charge in [-0.1, -0.05) is 24.3 Å². The van der Waals surface area contributed by atoms with Gasteiger partial charge in [0.15, 0.2) is 19.0 Å². The first-order valence-corrected chi connectivity index (χ1v) is 8.29. The number of carbonyl (C=O) groups is 3. The summed E-state index contributed by atoms with van der Waals surface area (Å²) in [6.45, 7) is -0.283. The van der Waals surface area contributed by atoms with Gasteiger partial charge in [0.05, 0.1) is 12.7 Å². The first-order chi connectivity index (χ1) is 13.0. The zero-order chi connectivity index (χ0) is 19.4. The van der Waals surface area contributed by atoms with Crippen molar-refractivity contribution in [2.75, 3.05) is 13.7 Å². The Bertz CT molecular complexity index is 865. The maximum atomic E-state index is 12.6. The Hall–Kier alpha value is -3.42. The number of pyridine rings is 1. The maximum absolute atomic E-state index is 12.6. The summed E-state index contributed by atoms with van der Waals surface area (Å²) in [5.74, 6) is -1.74. The zero-order valence-electron chi connectivity index (χ0n) is 14.7. The summed E-state index contributed by atoms with van der Waals surface area (Å²) in [4.78, 5) is 38.1. The van der Waals surface area contributed by atoms with Crippen LogP contribution in [0.2, 0.25) is 0 Å². The van der Waals surface area contributed by atoms with Crippen LogP contribution in [0.4, 0.5) is 0 Å². The fourth-order valence-corrected chi connectivity index (χ4v) is 2.97. The van der Waals surface area contributed by atoms with E-state index in [4.69, 9.17) is 9.47 Å². The van der Waals surface area contributed by atoms with Gasteiger partial charge in [-0.25, -0.2) is 9.59 Å². The Kier molecular flexibility index (Phi) is 5.35. The summed E-state index contributed by atoms with van der Waals surface area (Å²) in [7, 11) is 1.27. The summed E-state index contributed by atoms with van der Waals surface area (Å²) in [6, 6.07) is 9.35. The van der Waals surface area contributed by atoms with Crippen LogP contribution < -0.4 is 4.73 Å². The second-order valence-electron chi connectivity index (χ2n) is 6.06. The van der Waals surface area contributed by atoms with Crippen molar-refractivity contribution in [2.45, 2.75) is 19.0 Å². The highest BCUT2D eigenvalue weighted by molar-refractivity contribution is 5.92. The number of amides is 1. The number of rotatable bonds is 4. The van der Waals surface area contributed by atoms with E-state index < -0.39 is 30.5 Å². The van der Waals surface area contributed by atoms with Gasteiger partial charge in [-0.05, 0) is 11.1 Å². The highest BCUT2D eigenvalue weighted by atomic mass is 16.5. The van der Waals surface area contributed by atoms with E-state index >= 15 is 0 Å². The second kappa shape index (κ2) is 7.86. The van der Waals surface area contributed by atoms with E-state index in [9.17, 15) is 19.6 Å². The molecule has 0 N–H and O–H groups in total. The number of ether oxygens (including phenoxy) is 2. The Balaban J connectivity index is 1.70. The highest BCUT2D eigenvalue weighted by Crippen LogP contribution is 2.24. The topological polar surface area (TPSA) is 99.8 Å². The summed E-state index contributed by atoms with van der Waals surface area (Å²) >= 11 is 0. The number of nitrogens with zero attached hydrogens (tertiary/aromatic N) is 2. The Morgan fingerprint density at radius 1 is 1.15 bits per heavy atom. The van der Waals surface area contributed by atoms with Crippen LogP contribution in [0.3, 0.4) is 0 Å². The molecule has 1 aromatic carbocycles. The van der Waals surface area contributed by atoms with Gasteiger partial charge in [0.1, 0.15) is 6.04 Å². The summed E-state index contributed by atoms with van der Waals surface area (Å²) in [5.41, 5.74) is 2.06. The number of benzene rings is 1. The van der Waals surface area contributed by atoms with Gasteiger partial charge >= 0.3 is 11.9 Å². The smallest absolute Gasteiger partial charge is 0.339 e. The molecule has 2 heterocycles. The van der Waals surface area contributed by atoms with Gasteiger partial charge in [0.25, 0.3) is 5.91 Å². The minimum absolute atomic E-state index is 0.156. The van der Waals surface area contributed by atoms with Crippen LogP contribution in [0, 0.1) is 5.21 Å². The van der Waals surface area contributed by atoms with Crippen molar-refractivity contribution in [2.24, 2.45) is 0 Å². The standard InChI is InChI=1S/C19H18N2O6/c1-26-19(24)16-10-14-4-2-3-5-15(14)11-21(16)17(22)12-27-18(23)13-6-8-20(25)9-7-13/h2-9,16H,10-12H2,1H3/t16-/m1/s1. The van der Waals surface area contributed by atoms with E-state index in [1.807, 2.05) is 24.3 Å². The van der Waals surface area contributed by atoms with Gasteiger partial charge in [-0.15, -0.1) is 0 Å². The normalized spacial score (nSPS) is 15.6. The molecule has 27 heavy (non-hydrogen) atoms. The van der Waals surface area contributed by atoms with E-state index in [1.54, 1.807) is 0 Å². The third kappa shape index (κ3) is 4.05. The minimum Gasteiger partial charge on any atom is -0.619 e. The van der Waals surface area contributed by atoms with Gasteiger partial charge in [0, 0.05) is 25.1 Å². The van der Waals surface area contributed by atoms with Crippen LogP contribution in [0.5, 0.6) is 0 Å². The number of esters is 2. The fraction of sp³-hybridized carbons (Fsp3) is 0.263. The maximum Gasteiger partial charge on any atom is 0.339 e. The molecule has 1 aromatic heterocycles. The second-order valence-corrected chi connectivity index (χ2v) is 6.06. The molecule has 140 valence electrons. The molecular formula is C19H18N2O6. The monoisotopic (exact) mass is 370 g/mol. The predicted molar refractivity (Wildman–Crippen MR) is 92.2 cm³/mol. The first-order valence-electron chi connectivity index (χ1n) is 8.29. The predicted octanol–water partition coefficient (Wildman–Crippen LogP) is 0.603. The largest absolute Gasteiger partial charge is 0.619 e. The summed E-state index contributed by atoms with van der Waals surface area (Å²) in [6.07, 6.45) is 2.66. The van der Waals surface area contributed by atoms with Crippen molar-refractivity contribution < 1.29 is 28.6 Å². The number of methoxy groups -OCH3 is 1. The number of fused-ring (bicyclic) bond motifs is 1. The SMILES string of the molecule is COC(=O)[C@H]1Cc2ccccc2CN1C(=O)COC(=O)c1cc[n+]([O-])cc1. The van der Waals surface area contributed by atoms with Crippen LogP contribution in [-0.4, -0.2) is 42.5 Å². The first kappa shape index (κ1) is 18.4. The Labute approximate surface area is 155 Å². The number of hydrogen-bond donors (Lipinski definition) is 0. The lowest BCUT2D eigenvalue weighted by Gasteiger charge is -2.35. The molecule has 0 radical (unpaired) electrons. The average Bonchev–Trinajstić information content (AvgIpc) is 2.70. The van der Waals surface area contributed by atoms with E-state index in [-0.39, 0.29) is 12.1 Å². The van der Waals surface area contributed by atoms with E-state index in [0.717, 1.165) is 23.5 Å². The third-order valence-electron chi connectivity index (χ3n) is 4.41. The molecule has 8 heteroatoms. The molecule has 1 aliphatic rings. The van der Waals surface area contributed by atoms with Crippen LogP contribution in [-0.2, 0) is 32.0 Å². The summed E-state index contributed by atoms with van der Waals surface area (Å²) < 4.78 is 10.4. The minimum atomic E-state index is -0.771. The number of carbonyl (C=O) groups excluding carboxylic acids is 3.